The largest absolute Gasteiger partial charge is 0.479 e. The highest BCUT2D eigenvalue weighted by Gasteiger charge is 2.29. The highest BCUT2D eigenvalue weighted by molar-refractivity contribution is 7.20. The van der Waals surface area contributed by atoms with Crippen LogP contribution < -0.4 is 4.74 Å². The highest BCUT2D eigenvalue weighted by atomic mass is 32.1. The van der Waals surface area contributed by atoms with E-state index in [1.54, 1.807) is 6.07 Å². The lowest BCUT2D eigenvalue weighted by Gasteiger charge is -2.31. The summed E-state index contributed by atoms with van der Waals surface area (Å²) >= 11 is 1.45. The summed E-state index contributed by atoms with van der Waals surface area (Å²) in [5.41, 5.74) is 0.868. The zero-order valence-corrected chi connectivity index (χ0v) is 16.4. The van der Waals surface area contributed by atoms with Gasteiger partial charge in [-0.1, -0.05) is 12.1 Å². The average Bonchev–Trinajstić information content (AvgIpc) is 3.38. The monoisotopic (exact) mass is 399 g/mol. The molecule has 1 aliphatic heterocycles. The summed E-state index contributed by atoms with van der Waals surface area (Å²) in [6.07, 6.45) is 2.20. The minimum absolute atomic E-state index is 0.0665. The van der Waals surface area contributed by atoms with E-state index >= 15 is 0 Å². The molecule has 0 spiro atoms. The third-order valence-corrected chi connectivity index (χ3v) is 6.11. The number of likely N-dealkylation sites (tertiary alicyclic amines) is 1. The van der Waals surface area contributed by atoms with Gasteiger partial charge in [-0.3, -0.25) is 9.59 Å². The molecule has 0 radical (unpaired) electrons. The number of rotatable bonds is 6. The number of hydrogen-bond donors (Lipinski definition) is 0. The van der Waals surface area contributed by atoms with Gasteiger partial charge in [-0.15, -0.1) is 11.3 Å². The van der Waals surface area contributed by atoms with E-state index in [1.165, 1.54) is 18.4 Å². The van der Waals surface area contributed by atoms with Crippen LogP contribution in [0, 0.1) is 5.92 Å². The van der Waals surface area contributed by atoms with Crippen LogP contribution in [0.15, 0.2) is 34.9 Å². The maximum Gasteiger partial charge on any atom is 0.254 e. The second-order valence-electron chi connectivity index (χ2n) is 6.84. The van der Waals surface area contributed by atoms with Crippen molar-refractivity contribution in [3.8, 4) is 5.88 Å². The number of para-hydroxylation sites is 1. The minimum Gasteiger partial charge on any atom is -0.479 e. The number of thiazole rings is 1. The van der Waals surface area contributed by atoms with E-state index in [2.05, 4.69) is 10.1 Å². The van der Waals surface area contributed by atoms with E-state index in [0.29, 0.717) is 55.4 Å². The molecule has 1 aliphatic rings. The van der Waals surface area contributed by atoms with E-state index in [9.17, 15) is 9.59 Å². The number of ether oxygens (including phenoxy) is 1. The standard InChI is InChI=1S/C20H21N3O4S/c1-26-17-12-14(27-22-17)6-7-18(24)23-10-8-13(9-11-23)19(25)20-21-15-4-2-3-5-16(15)28-20/h2-5,12-13H,6-11H2,1H3. The van der Waals surface area contributed by atoms with E-state index in [-0.39, 0.29) is 17.6 Å². The molecule has 0 aliphatic carbocycles. The summed E-state index contributed by atoms with van der Waals surface area (Å²) in [6, 6.07) is 9.47. The topological polar surface area (TPSA) is 85.5 Å². The Balaban J connectivity index is 1.29. The molecule has 1 amide bonds. The third kappa shape index (κ3) is 3.91. The first-order chi connectivity index (χ1) is 13.6. The van der Waals surface area contributed by atoms with Crippen molar-refractivity contribution in [2.24, 2.45) is 5.92 Å². The van der Waals surface area contributed by atoms with Gasteiger partial charge in [-0.25, -0.2) is 4.98 Å². The first kappa shape index (κ1) is 18.6. The summed E-state index contributed by atoms with van der Waals surface area (Å²) in [7, 11) is 1.52. The number of ketones is 1. The van der Waals surface area contributed by atoms with Crippen LogP contribution >= 0.6 is 11.3 Å². The van der Waals surface area contributed by atoms with Gasteiger partial charge < -0.3 is 14.2 Å². The second-order valence-corrected chi connectivity index (χ2v) is 7.87. The predicted octanol–water partition coefficient (Wildman–Crippen LogP) is 3.35. The Morgan fingerprint density at radius 3 is 2.79 bits per heavy atom. The number of aromatic nitrogens is 2. The van der Waals surface area contributed by atoms with E-state index in [1.807, 2.05) is 29.2 Å². The van der Waals surface area contributed by atoms with Crippen LogP contribution in [0.4, 0.5) is 0 Å². The van der Waals surface area contributed by atoms with Crippen LogP contribution in [0.25, 0.3) is 10.2 Å². The van der Waals surface area contributed by atoms with Crippen LogP contribution in [-0.4, -0.2) is 46.9 Å². The molecule has 7 nitrogen and oxygen atoms in total. The van der Waals surface area contributed by atoms with Crippen LogP contribution in [0.1, 0.15) is 34.8 Å². The van der Waals surface area contributed by atoms with E-state index < -0.39 is 0 Å². The van der Waals surface area contributed by atoms with Crippen molar-refractivity contribution < 1.29 is 18.8 Å². The SMILES string of the molecule is COc1cc(CCC(=O)N2CCC(C(=O)c3nc4ccccc4s3)CC2)on1. The molecule has 0 bridgehead atoms. The molecule has 1 fully saturated rings. The molecule has 0 atom stereocenters. The fourth-order valence-electron chi connectivity index (χ4n) is 3.44. The number of aryl methyl sites for hydroxylation is 1. The molecule has 3 aromatic rings. The Hall–Kier alpha value is -2.74. The smallest absolute Gasteiger partial charge is 0.254 e. The number of amides is 1. The van der Waals surface area contributed by atoms with Gasteiger partial charge in [0, 0.05) is 37.9 Å². The average molecular weight is 399 g/mol. The zero-order chi connectivity index (χ0) is 19.5. The van der Waals surface area contributed by atoms with E-state index in [4.69, 9.17) is 9.26 Å². The summed E-state index contributed by atoms with van der Waals surface area (Å²) in [5.74, 6) is 1.15. The van der Waals surface area contributed by atoms with Crippen LogP contribution in [-0.2, 0) is 11.2 Å². The van der Waals surface area contributed by atoms with Crippen molar-refractivity contribution >= 4 is 33.2 Å². The van der Waals surface area contributed by atoms with Crippen molar-refractivity contribution in [3.63, 3.8) is 0 Å². The molecule has 0 unspecified atom stereocenters. The molecule has 0 N–H and O–H groups in total. The summed E-state index contributed by atoms with van der Waals surface area (Å²) in [5, 5.41) is 4.31. The molecule has 28 heavy (non-hydrogen) atoms. The van der Waals surface area contributed by atoms with Gasteiger partial charge in [0.05, 0.1) is 17.3 Å². The lowest BCUT2D eigenvalue weighted by atomic mass is 9.92. The predicted molar refractivity (Wildman–Crippen MR) is 105 cm³/mol. The number of methoxy groups -OCH3 is 1. The lowest BCUT2D eigenvalue weighted by molar-refractivity contribution is -0.132. The van der Waals surface area contributed by atoms with Gasteiger partial charge in [0.25, 0.3) is 5.88 Å². The number of carbonyl (C=O) groups excluding carboxylic acids is 2. The third-order valence-electron chi connectivity index (χ3n) is 5.05. The number of nitrogens with zero attached hydrogens (tertiary/aromatic N) is 3. The second kappa shape index (κ2) is 8.10. The lowest BCUT2D eigenvalue weighted by Crippen LogP contribution is -2.40. The van der Waals surface area contributed by atoms with Gasteiger partial charge in [0.2, 0.25) is 5.91 Å². The first-order valence-corrected chi connectivity index (χ1v) is 10.1. The molecule has 3 heterocycles. The minimum atomic E-state index is -0.0665. The van der Waals surface area contributed by atoms with Gasteiger partial charge in [0.1, 0.15) is 5.76 Å². The normalized spacial score (nSPS) is 15.1. The van der Waals surface area contributed by atoms with Gasteiger partial charge in [-0.2, -0.15) is 0 Å². The molecule has 146 valence electrons. The maximum atomic E-state index is 12.8. The zero-order valence-electron chi connectivity index (χ0n) is 15.6. The molecular formula is C20H21N3O4S. The first-order valence-electron chi connectivity index (χ1n) is 9.31. The van der Waals surface area contributed by atoms with Gasteiger partial charge >= 0.3 is 0 Å². The van der Waals surface area contributed by atoms with Crippen LogP contribution in [0.2, 0.25) is 0 Å². The summed E-state index contributed by atoms with van der Waals surface area (Å²) in [4.78, 5) is 31.6. The number of fused-ring (bicyclic) bond motifs is 1. The Kier molecular flexibility index (Phi) is 5.38. The van der Waals surface area contributed by atoms with Crippen LogP contribution in [0.5, 0.6) is 5.88 Å². The highest BCUT2D eigenvalue weighted by Crippen LogP contribution is 2.28. The number of Topliss-reactive ketones (excluding diaryl/α,β-unsaturated/α-hetero) is 1. The van der Waals surface area contributed by atoms with Crippen molar-refractivity contribution in [1.29, 1.82) is 0 Å². The van der Waals surface area contributed by atoms with Gasteiger partial charge in [0.15, 0.2) is 10.8 Å². The maximum absolute atomic E-state index is 12.8. The van der Waals surface area contributed by atoms with Crippen molar-refractivity contribution in [3.05, 3.63) is 41.1 Å². The molecule has 4 rings (SSSR count). The molecule has 0 saturated carbocycles. The molecule has 1 saturated heterocycles. The molecule has 8 heteroatoms. The Bertz CT molecular complexity index is 955. The molecular weight excluding hydrogens is 378 g/mol. The van der Waals surface area contributed by atoms with E-state index in [0.717, 1.165) is 10.2 Å². The van der Waals surface area contributed by atoms with Crippen LogP contribution in [0.3, 0.4) is 0 Å². The fourth-order valence-corrected chi connectivity index (χ4v) is 4.42. The number of carbonyl (C=O) groups is 2. The quantitative estimate of drug-likeness (QED) is 0.591. The fraction of sp³-hybridized carbons (Fsp3) is 0.400. The van der Waals surface area contributed by atoms with Crippen molar-refractivity contribution in [1.82, 2.24) is 15.0 Å². The Labute approximate surface area is 166 Å². The van der Waals surface area contributed by atoms with Crippen molar-refractivity contribution in [2.75, 3.05) is 20.2 Å². The Morgan fingerprint density at radius 2 is 2.07 bits per heavy atom. The summed E-state index contributed by atoms with van der Waals surface area (Å²) < 4.78 is 11.1. The van der Waals surface area contributed by atoms with Gasteiger partial charge in [-0.05, 0) is 30.1 Å². The molecule has 1 aromatic carbocycles. The Morgan fingerprint density at radius 1 is 1.29 bits per heavy atom. The summed E-state index contributed by atoms with van der Waals surface area (Å²) in [6.45, 7) is 1.19. The molecule has 2 aromatic heterocycles. The number of piperidine rings is 1. The number of hydrogen-bond acceptors (Lipinski definition) is 7. The number of benzene rings is 1. The van der Waals surface area contributed by atoms with Crippen molar-refractivity contribution in [2.45, 2.75) is 25.7 Å².